The Morgan fingerprint density at radius 2 is 2.20 bits per heavy atom. The molecule has 0 unspecified atom stereocenters. The number of rotatable bonds is 5. The number of ether oxygens (including phenoxy) is 1. The number of methoxy groups -OCH3 is 1. The van der Waals surface area contributed by atoms with E-state index in [1.165, 1.54) is 12.8 Å². The van der Waals surface area contributed by atoms with Crippen molar-refractivity contribution < 1.29 is 9.53 Å². The van der Waals surface area contributed by atoms with Gasteiger partial charge in [-0.2, -0.15) is 5.10 Å². The first-order valence-corrected chi connectivity index (χ1v) is 8.41. The van der Waals surface area contributed by atoms with E-state index < -0.39 is 0 Å². The zero-order valence-corrected chi connectivity index (χ0v) is 14.3. The summed E-state index contributed by atoms with van der Waals surface area (Å²) in [5.41, 5.74) is 2.93. The zero-order valence-electron chi connectivity index (χ0n) is 14.3. The summed E-state index contributed by atoms with van der Waals surface area (Å²) in [4.78, 5) is 17.4. The van der Waals surface area contributed by atoms with Crippen LogP contribution in [0.2, 0.25) is 0 Å². The van der Waals surface area contributed by atoms with Crippen LogP contribution in [0.3, 0.4) is 0 Å². The van der Waals surface area contributed by atoms with Crippen molar-refractivity contribution in [2.75, 3.05) is 13.7 Å². The number of amides is 1. The van der Waals surface area contributed by atoms with Crippen LogP contribution in [0.4, 0.5) is 0 Å². The van der Waals surface area contributed by atoms with Gasteiger partial charge in [0.05, 0.1) is 30.0 Å². The van der Waals surface area contributed by atoms with E-state index in [0.717, 1.165) is 28.9 Å². The lowest BCUT2D eigenvalue weighted by atomic mass is 10.1. The van der Waals surface area contributed by atoms with Gasteiger partial charge in [-0.1, -0.05) is 12.1 Å². The van der Waals surface area contributed by atoms with Gasteiger partial charge >= 0.3 is 0 Å². The molecule has 1 fully saturated rings. The third-order valence-electron chi connectivity index (χ3n) is 4.56. The molecule has 0 radical (unpaired) electrons. The Labute approximate surface area is 145 Å². The van der Waals surface area contributed by atoms with E-state index >= 15 is 0 Å². The minimum atomic E-state index is -0.0727. The molecule has 1 aliphatic carbocycles. The molecule has 1 saturated carbocycles. The summed E-state index contributed by atoms with van der Waals surface area (Å²) in [6.45, 7) is 0.734. The molecule has 6 heteroatoms. The van der Waals surface area contributed by atoms with Gasteiger partial charge < -0.3 is 10.1 Å². The summed E-state index contributed by atoms with van der Waals surface area (Å²) in [5.74, 6) is 1.31. The van der Waals surface area contributed by atoms with E-state index in [0.29, 0.717) is 17.1 Å². The molecule has 0 atom stereocenters. The van der Waals surface area contributed by atoms with Crippen LogP contribution < -0.4 is 10.1 Å². The smallest absolute Gasteiger partial charge is 0.252 e. The second-order valence-corrected chi connectivity index (χ2v) is 6.45. The molecule has 1 amide bonds. The van der Waals surface area contributed by atoms with E-state index in [-0.39, 0.29) is 5.91 Å². The molecule has 2 aromatic heterocycles. The van der Waals surface area contributed by atoms with E-state index in [1.54, 1.807) is 18.0 Å². The lowest BCUT2D eigenvalue weighted by Gasteiger charge is -2.09. The quantitative estimate of drug-likeness (QED) is 0.778. The Kier molecular flexibility index (Phi) is 3.87. The molecule has 0 spiro atoms. The summed E-state index contributed by atoms with van der Waals surface area (Å²) >= 11 is 0. The maximum atomic E-state index is 12.7. The summed E-state index contributed by atoms with van der Waals surface area (Å²) in [7, 11) is 3.46. The van der Waals surface area contributed by atoms with Gasteiger partial charge in [-0.15, -0.1) is 0 Å². The SMILES string of the molecule is COc1cccc(-c2cc(C(=O)NCC3CC3)c3cnn(C)c3n2)c1. The number of carbonyl (C=O) groups excluding carboxylic acids is 1. The predicted molar refractivity (Wildman–Crippen MR) is 95.6 cm³/mol. The summed E-state index contributed by atoms with van der Waals surface area (Å²) in [6, 6.07) is 9.50. The summed E-state index contributed by atoms with van der Waals surface area (Å²) in [5, 5.41) is 8.07. The Morgan fingerprint density at radius 1 is 1.36 bits per heavy atom. The molecule has 25 heavy (non-hydrogen) atoms. The van der Waals surface area contributed by atoms with Gasteiger partial charge in [0.1, 0.15) is 5.75 Å². The topological polar surface area (TPSA) is 69.0 Å². The van der Waals surface area contributed by atoms with Crippen LogP contribution in [0.15, 0.2) is 36.5 Å². The minimum Gasteiger partial charge on any atom is -0.497 e. The van der Waals surface area contributed by atoms with Gasteiger partial charge in [-0.3, -0.25) is 9.48 Å². The van der Waals surface area contributed by atoms with E-state index in [4.69, 9.17) is 9.72 Å². The predicted octanol–water partition coefficient (Wildman–Crippen LogP) is 2.78. The van der Waals surface area contributed by atoms with Gasteiger partial charge in [0.2, 0.25) is 0 Å². The number of benzene rings is 1. The molecular formula is C19H20N4O2. The van der Waals surface area contributed by atoms with Crippen molar-refractivity contribution in [1.82, 2.24) is 20.1 Å². The number of nitrogens with zero attached hydrogens (tertiary/aromatic N) is 3. The number of carbonyl (C=O) groups is 1. The maximum absolute atomic E-state index is 12.7. The second kappa shape index (κ2) is 6.20. The molecule has 1 aromatic carbocycles. The van der Waals surface area contributed by atoms with Crippen LogP contribution in [-0.4, -0.2) is 34.3 Å². The van der Waals surface area contributed by atoms with Crippen LogP contribution in [0.5, 0.6) is 5.75 Å². The number of hydrogen-bond acceptors (Lipinski definition) is 4. The normalized spacial score (nSPS) is 13.8. The molecule has 0 saturated heterocycles. The van der Waals surface area contributed by atoms with Crippen LogP contribution in [0, 0.1) is 5.92 Å². The standard InChI is InChI=1S/C19H20N4O2/c1-23-18-16(11-21-23)15(19(24)20-10-12-6-7-12)9-17(22-18)13-4-3-5-14(8-13)25-2/h3-5,8-9,11-12H,6-7,10H2,1-2H3,(H,20,24). The highest BCUT2D eigenvalue weighted by atomic mass is 16.5. The zero-order chi connectivity index (χ0) is 17.4. The molecular weight excluding hydrogens is 316 g/mol. The van der Waals surface area contributed by atoms with Crippen LogP contribution in [0.25, 0.3) is 22.3 Å². The second-order valence-electron chi connectivity index (χ2n) is 6.45. The fourth-order valence-corrected chi connectivity index (χ4v) is 2.89. The third kappa shape index (κ3) is 3.07. The van der Waals surface area contributed by atoms with Crippen molar-refractivity contribution in [1.29, 1.82) is 0 Å². The van der Waals surface area contributed by atoms with Gasteiger partial charge in [0.15, 0.2) is 5.65 Å². The molecule has 2 heterocycles. The van der Waals surface area contributed by atoms with E-state index in [9.17, 15) is 4.79 Å². The Hall–Kier alpha value is -2.89. The molecule has 4 rings (SSSR count). The van der Waals surface area contributed by atoms with E-state index in [2.05, 4.69) is 10.4 Å². The molecule has 6 nitrogen and oxygen atoms in total. The highest BCUT2D eigenvalue weighted by Crippen LogP contribution is 2.29. The molecule has 3 aromatic rings. The lowest BCUT2D eigenvalue weighted by Crippen LogP contribution is -2.25. The third-order valence-corrected chi connectivity index (χ3v) is 4.56. The van der Waals surface area contributed by atoms with Crippen LogP contribution in [0.1, 0.15) is 23.2 Å². The van der Waals surface area contributed by atoms with Crippen LogP contribution >= 0.6 is 0 Å². The van der Waals surface area contributed by atoms with Crippen molar-refractivity contribution in [3.63, 3.8) is 0 Å². The van der Waals surface area contributed by atoms with E-state index in [1.807, 2.05) is 37.4 Å². The average molecular weight is 336 g/mol. The molecule has 1 aliphatic rings. The Morgan fingerprint density at radius 3 is 2.96 bits per heavy atom. The van der Waals surface area contributed by atoms with Gasteiger partial charge in [0, 0.05) is 19.2 Å². The lowest BCUT2D eigenvalue weighted by molar-refractivity contribution is 0.0953. The molecule has 0 aliphatic heterocycles. The fourth-order valence-electron chi connectivity index (χ4n) is 2.89. The fraction of sp³-hybridized carbons (Fsp3) is 0.316. The number of aryl methyl sites for hydroxylation is 1. The van der Waals surface area contributed by atoms with Gasteiger partial charge in [-0.25, -0.2) is 4.98 Å². The first-order valence-electron chi connectivity index (χ1n) is 8.41. The number of pyridine rings is 1. The number of fused-ring (bicyclic) bond motifs is 1. The van der Waals surface area contributed by atoms with Crippen molar-refractivity contribution >= 4 is 16.9 Å². The van der Waals surface area contributed by atoms with Crippen molar-refractivity contribution in [2.45, 2.75) is 12.8 Å². The maximum Gasteiger partial charge on any atom is 0.252 e. The monoisotopic (exact) mass is 336 g/mol. The Balaban J connectivity index is 1.79. The number of nitrogens with one attached hydrogen (secondary N) is 1. The first-order chi connectivity index (χ1) is 12.2. The Bertz CT molecular complexity index is 944. The highest BCUT2D eigenvalue weighted by Gasteiger charge is 2.23. The molecule has 128 valence electrons. The molecule has 0 bridgehead atoms. The highest BCUT2D eigenvalue weighted by molar-refractivity contribution is 6.06. The van der Waals surface area contributed by atoms with Crippen molar-refractivity contribution in [3.8, 4) is 17.0 Å². The van der Waals surface area contributed by atoms with Crippen molar-refractivity contribution in [2.24, 2.45) is 13.0 Å². The minimum absolute atomic E-state index is 0.0727. The number of hydrogen-bond donors (Lipinski definition) is 1. The molecule has 1 N–H and O–H groups in total. The largest absolute Gasteiger partial charge is 0.497 e. The average Bonchev–Trinajstić information content (AvgIpc) is 3.41. The van der Waals surface area contributed by atoms with Gasteiger partial charge in [-0.05, 0) is 37.0 Å². The summed E-state index contributed by atoms with van der Waals surface area (Å²) in [6.07, 6.45) is 4.10. The first kappa shape index (κ1) is 15.6. The summed E-state index contributed by atoms with van der Waals surface area (Å²) < 4.78 is 6.99. The van der Waals surface area contributed by atoms with Gasteiger partial charge in [0.25, 0.3) is 5.91 Å². The van der Waals surface area contributed by atoms with Crippen LogP contribution in [-0.2, 0) is 7.05 Å². The number of aromatic nitrogens is 3. The van der Waals surface area contributed by atoms with Crippen molar-refractivity contribution in [3.05, 3.63) is 42.1 Å².